The van der Waals surface area contributed by atoms with E-state index in [0.29, 0.717) is 24.5 Å². The van der Waals surface area contributed by atoms with Crippen LogP contribution in [0.2, 0.25) is 5.02 Å². The van der Waals surface area contributed by atoms with Crippen molar-refractivity contribution in [2.24, 2.45) is 0 Å². The van der Waals surface area contributed by atoms with Crippen molar-refractivity contribution >= 4 is 17.5 Å². The Morgan fingerprint density at radius 2 is 2.21 bits per heavy atom. The number of rotatable bonds is 2. The molecule has 0 aromatic heterocycles. The van der Waals surface area contributed by atoms with Gasteiger partial charge in [-0.3, -0.25) is 4.79 Å². The van der Waals surface area contributed by atoms with Crippen LogP contribution in [0.4, 0.5) is 0 Å². The molecule has 0 radical (unpaired) electrons. The van der Waals surface area contributed by atoms with Crippen molar-refractivity contribution in [3.63, 3.8) is 0 Å². The Labute approximate surface area is 118 Å². The van der Waals surface area contributed by atoms with Crippen LogP contribution in [0.3, 0.4) is 0 Å². The van der Waals surface area contributed by atoms with Gasteiger partial charge in [-0.15, -0.1) is 0 Å². The van der Waals surface area contributed by atoms with Crippen LogP contribution in [0.25, 0.3) is 0 Å². The van der Waals surface area contributed by atoms with Gasteiger partial charge in [0.05, 0.1) is 11.5 Å². The molecule has 1 saturated heterocycles. The van der Waals surface area contributed by atoms with Gasteiger partial charge in [-0.25, -0.2) is 0 Å². The second kappa shape index (κ2) is 4.80. The van der Waals surface area contributed by atoms with E-state index in [1.165, 1.54) is 0 Å². The third-order valence-electron chi connectivity index (χ3n) is 4.44. The second-order valence-electron chi connectivity index (χ2n) is 5.64. The first kappa shape index (κ1) is 12.9. The maximum atomic E-state index is 12.8. The fraction of sp³-hybridized carbons (Fsp3) is 0.533. The summed E-state index contributed by atoms with van der Waals surface area (Å²) < 4.78 is 0. The average Bonchev–Trinajstić information content (AvgIpc) is 2.74. The first-order valence-corrected chi connectivity index (χ1v) is 7.23. The van der Waals surface area contributed by atoms with Crippen LogP contribution in [0.15, 0.2) is 24.3 Å². The maximum absolute atomic E-state index is 12.8. The standard InChI is InChI=1S/C15H18ClNO2/c16-12-4-1-3-11(9-12)15(6-2-7-15)14(19)17-8-5-13(18)10-17/h1,3-4,9,13,18H,2,5-8,10H2/t13-/m1/s1. The molecule has 102 valence electrons. The minimum absolute atomic E-state index is 0.164. The average molecular weight is 280 g/mol. The minimum Gasteiger partial charge on any atom is -0.391 e. The number of aliphatic hydroxyl groups excluding tert-OH is 1. The SMILES string of the molecule is O=C(N1CC[C@@H](O)C1)C1(c2cccc(Cl)c2)CCC1. The summed E-state index contributed by atoms with van der Waals surface area (Å²) >= 11 is 6.05. The number of carbonyl (C=O) groups is 1. The van der Waals surface area contributed by atoms with E-state index >= 15 is 0 Å². The summed E-state index contributed by atoms with van der Waals surface area (Å²) in [6.45, 7) is 1.14. The molecule has 1 saturated carbocycles. The zero-order valence-electron chi connectivity index (χ0n) is 10.8. The Balaban J connectivity index is 1.89. The number of benzene rings is 1. The molecule has 1 N–H and O–H groups in total. The summed E-state index contributed by atoms with van der Waals surface area (Å²) in [7, 11) is 0. The van der Waals surface area contributed by atoms with E-state index in [2.05, 4.69) is 0 Å². The Morgan fingerprint density at radius 1 is 1.42 bits per heavy atom. The number of amides is 1. The minimum atomic E-state index is -0.394. The molecule has 2 aliphatic rings. The molecular formula is C15H18ClNO2. The highest BCUT2D eigenvalue weighted by molar-refractivity contribution is 6.30. The van der Waals surface area contributed by atoms with Gasteiger partial charge in [0, 0.05) is 18.1 Å². The first-order valence-electron chi connectivity index (χ1n) is 6.85. The topological polar surface area (TPSA) is 40.5 Å². The van der Waals surface area contributed by atoms with E-state index < -0.39 is 5.41 Å². The van der Waals surface area contributed by atoms with Gasteiger partial charge in [-0.1, -0.05) is 30.2 Å². The van der Waals surface area contributed by atoms with Gasteiger partial charge in [0.25, 0.3) is 0 Å². The van der Waals surface area contributed by atoms with Gasteiger partial charge < -0.3 is 10.0 Å². The van der Waals surface area contributed by atoms with Crippen molar-refractivity contribution in [1.82, 2.24) is 4.90 Å². The Bertz CT molecular complexity index is 499. The Hall–Kier alpha value is -1.06. The molecule has 4 heteroatoms. The lowest BCUT2D eigenvalue weighted by atomic mass is 9.63. The summed E-state index contributed by atoms with van der Waals surface area (Å²) in [6, 6.07) is 7.64. The lowest BCUT2D eigenvalue weighted by Crippen LogP contribution is -2.50. The van der Waals surface area contributed by atoms with E-state index in [0.717, 1.165) is 24.8 Å². The zero-order valence-corrected chi connectivity index (χ0v) is 11.6. The highest BCUT2D eigenvalue weighted by Gasteiger charge is 2.48. The van der Waals surface area contributed by atoms with Gasteiger partial charge in [-0.2, -0.15) is 0 Å². The van der Waals surface area contributed by atoms with Gasteiger partial charge in [-0.05, 0) is 37.0 Å². The fourth-order valence-corrected chi connectivity index (χ4v) is 3.36. The number of likely N-dealkylation sites (tertiary alicyclic amines) is 1. The number of carbonyl (C=O) groups excluding carboxylic acids is 1. The van der Waals surface area contributed by atoms with Crippen LogP contribution in [0, 0.1) is 0 Å². The molecule has 1 aliphatic carbocycles. The van der Waals surface area contributed by atoms with Crippen molar-refractivity contribution in [1.29, 1.82) is 0 Å². The number of aliphatic hydroxyl groups is 1. The molecule has 1 heterocycles. The molecule has 1 amide bonds. The third-order valence-corrected chi connectivity index (χ3v) is 4.68. The summed E-state index contributed by atoms with van der Waals surface area (Å²) in [6.07, 6.45) is 3.18. The Kier molecular flexibility index (Phi) is 3.27. The van der Waals surface area contributed by atoms with Crippen LogP contribution in [-0.4, -0.2) is 35.1 Å². The van der Waals surface area contributed by atoms with Crippen LogP contribution in [-0.2, 0) is 10.2 Å². The van der Waals surface area contributed by atoms with Crippen molar-refractivity contribution in [3.05, 3.63) is 34.9 Å². The molecule has 0 unspecified atom stereocenters. The summed E-state index contributed by atoms with van der Waals surface area (Å²) in [4.78, 5) is 14.6. The molecule has 1 aromatic carbocycles. The summed E-state index contributed by atoms with van der Waals surface area (Å²) in [5, 5.41) is 10.3. The van der Waals surface area contributed by atoms with Gasteiger partial charge in [0.15, 0.2) is 0 Å². The molecule has 2 fully saturated rings. The normalized spacial score (nSPS) is 25.2. The van der Waals surface area contributed by atoms with Crippen LogP contribution < -0.4 is 0 Å². The quantitative estimate of drug-likeness (QED) is 0.903. The van der Waals surface area contributed by atoms with Crippen molar-refractivity contribution < 1.29 is 9.90 Å². The molecular weight excluding hydrogens is 262 g/mol. The highest BCUT2D eigenvalue weighted by Crippen LogP contribution is 2.46. The van der Waals surface area contributed by atoms with Crippen molar-refractivity contribution in [2.75, 3.05) is 13.1 Å². The maximum Gasteiger partial charge on any atom is 0.233 e. The van der Waals surface area contributed by atoms with Crippen LogP contribution in [0.1, 0.15) is 31.2 Å². The van der Waals surface area contributed by atoms with Gasteiger partial charge >= 0.3 is 0 Å². The monoisotopic (exact) mass is 279 g/mol. The van der Waals surface area contributed by atoms with Gasteiger partial charge in [0.2, 0.25) is 5.91 Å². The third kappa shape index (κ3) is 2.15. The fourth-order valence-electron chi connectivity index (χ4n) is 3.17. The number of hydrogen-bond acceptors (Lipinski definition) is 2. The first-order chi connectivity index (χ1) is 9.12. The predicted octanol–water partition coefficient (Wildman–Crippen LogP) is 2.35. The lowest BCUT2D eigenvalue weighted by Gasteiger charge is -2.43. The van der Waals surface area contributed by atoms with E-state index in [-0.39, 0.29) is 12.0 Å². The second-order valence-corrected chi connectivity index (χ2v) is 6.08. The summed E-state index contributed by atoms with van der Waals surface area (Å²) in [5.41, 5.74) is 0.632. The lowest BCUT2D eigenvalue weighted by molar-refractivity contribution is -0.140. The number of β-amino-alcohol motifs (C(OH)–C–C–N with tert-alkyl or cyclic N) is 1. The van der Waals surface area contributed by atoms with E-state index in [9.17, 15) is 9.90 Å². The number of halogens is 1. The smallest absolute Gasteiger partial charge is 0.233 e. The molecule has 0 bridgehead atoms. The largest absolute Gasteiger partial charge is 0.391 e. The number of hydrogen-bond donors (Lipinski definition) is 1. The Morgan fingerprint density at radius 3 is 2.74 bits per heavy atom. The van der Waals surface area contributed by atoms with E-state index in [1.807, 2.05) is 29.2 Å². The van der Waals surface area contributed by atoms with Crippen molar-refractivity contribution in [2.45, 2.75) is 37.2 Å². The predicted molar refractivity (Wildman–Crippen MR) is 74.2 cm³/mol. The van der Waals surface area contributed by atoms with E-state index in [4.69, 9.17) is 11.6 Å². The highest BCUT2D eigenvalue weighted by atomic mass is 35.5. The molecule has 19 heavy (non-hydrogen) atoms. The number of nitrogens with zero attached hydrogens (tertiary/aromatic N) is 1. The molecule has 1 atom stereocenters. The molecule has 3 rings (SSSR count). The van der Waals surface area contributed by atoms with Gasteiger partial charge in [0.1, 0.15) is 0 Å². The molecule has 1 aromatic rings. The summed E-state index contributed by atoms with van der Waals surface area (Å²) in [5.74, 6) is 0.164. The van der Waals surface area contributed by atoms with Crippen molar-refractivity contribution in [3.8, 4) is 0 Å². The zero-order chi connectivity index (χ0) is 13.5. The van der Waals surface area contributed by atoms with Crippen LogP contribution >= 0.6 is 11.6 Å². The molecule has 0 spiro atoms. The molecule has 3 nitrogen and oxygen atoms in total. The van der Waals surface area contributed by atoms with E-state index in [1.54, 1.807) is 0 Å². The molecule has 1 aliphatic heterocycles. The van der Waals surface area contributed by atoms with Crippen LogP contribution in [0.5, 0.6) is 0 Å².